The van der Waals surface area contributed by atoms with E-state index in [4.69, 9.17) is 14.3 Å². The van der Waals surface area contributed by atoms with Crippen LogP contribution in [-0.4, -0.2) is 30.0 Å². The highest BCUT2D eigenvalue weighted by Gasteiger charge is 2.12. The lowest BCUT2D eigenvalue weighted by Crippen LogP contribution is -2.34. The van der Waals surface area contributed by atoms with Gasteiger partial charge < -0.3 is 19.4 Å². The van der Waals surface area contributed by atoms with Gasteiger partial charge in [0.1, 0.15) is 30.4 Å². The van der Waals surface area contributed by atoms with Gasteiger partial charge in [-0.1, -0.05) is 70.4 Å². The fourth-order valence-corrected chi connectivity index (χ4v) is 6.41. The lowest BCUT2D eigenvalue weighted by atomic mass is 10.1. The van der Waals surface area contributed by atoms with Crippen LogP contribution in [0.1, 0.15) is 87.8 Å². The van der Waals surface area contributed by atoms with Crippen LogP contribution in [0.2, 0.25) is 0 Å². The maximum Gasteiger partial charge on any atom is 0.569 e. The number of benzene rings is 2. The molecule has 0 saturated carbocycles. The molecule has 8 nitrogen and oxygen atoms in total. The van der Waals surface area contributed by atoms with Gasteiger partial charge in [0.15, 0.2) is 37.9 Å². The molecule has 0 amide bonds. The number of imidazole rings is 1. The van der Waals surface area contributed by atoms with Gasteiger partial charge in [0, 0.05) is 35.4 Å². The van der Waals surface area contributed by atoms with E-state index in [1.165, 1.54) is 64.2 Å². The van der Waals surface area contributed by atoms with Crippen LogP contribution in [0.4, 0.5) is 0 Å². The molecule has 0 saturated heterocycles. The van der Waals surface area contributed by atoms with Crippen LogP contribution < -0.4 is 23.0 Å². The molecule has 0 bridgehead atoms. The average Bonchev–Trinajstić information content (AvgIpc) is 3.57. The lowest BCUT2D eigenvalue weighted by molar-refractivity contribution is -0.689. The molecule has 3 heterocycles. The third kappa shape index (κ3) is 12.2. The summed E-state index contributed by atoms with van der Waals surface area (Å²) < 4.78 is 19.2. The Morgan fingerprint density at radius 2 is 1.08 bits per heavy atom. The van der Waals surface area contributed by atoms with E-state index in [9.17, 15) is 5.02 Å². The number of hydrogen-bond acceptors (Lipinski definition) is 4. The number of pyridine rings is 2. The van der Waals surface area contributed by atoms with Gasteiger partial charge in [0.05, 0.1) is 6.54 Å². The van der Waals surface area contributed by atoms with Crippen molar-refractivity contribution in [3.63, 3.8) is 0 Å². The van der Waals surface area contributed by atoms with Crippen molar-refractivity contribution in [2.75, 3.05) is 0 Å². The van der Waals surface area contributed by atoms with Crippen molar-refractivity contribution in [3.8, 4) is 22.6 Å². The van der Waals surface area contributed by atoms with Crippen LogP contribution in [0.5, 0.6) is 11.5 Å². The second-order valence-corrected chi connectivity index (χ2v) is 13.1. The minimum atomic E-state index is 0.602. The predicted octanol–water partition coefficient (Wildman–Crippen LogP) is 5.89. The first-order valence-electron chi connectivity index (χ1n) is 18.1. The first-order chi connectivity index (χ1) is 24.6. The summed E-state index contributed by atoms with van der Waals surface area (Å²) in [5.74, 6) is 1.22. The zero-order chi connectivity index (χ0) is 34.8. The molecule has 0 spiro atoms. The topological polar surface area (TPSA) is 75.5 Å². The number of unbranched alkanes of at least 4 members (excludes halogenated alkanes) is 9. The molecule has 0 aliphatic rings. The molecule has 3 aromatic heterocycles. The molecule has 258 valence electrons. The summed E-state index contributed by atoms with van der Waals surface area (Å²) in [6.45, 7) is 5.41. The minimum Gasteiger partial charge on any atom is -0.537 e. The van der Waals surface area contributed by atoms with Gasteiger partial charge in [-0.05, 0) is 59.9 Å². The van der Waals surface area contributed by atoms with Crippen LogP contribution in [0, 0.1) is 0 Å². The average molecular weight is 673 g/mol. The fraction of sp³-hybridized carbons (Fsp3) is 0.375. The Morgan fingerprint density at radius 3 is 1.68 bits per heavy atom. The number of aryl methyl sites for hydroxylation is 1. The van der Waals surface area contributed by atoms with E-state index in [0.717, 1.165) is 48.6 Å². The highest BCUT2D eigenvalue weighted by atomic mass is 16.5. The molecule has 0 fully saturated rings. The Kier molecular flexibility index (Phi) is 15.0. The molecule has 0 aliphatic carbocycles. The second kappa shape index (κ2) is 20.3. The molecule has 2 aromatic carbocycles. The van der Waals surface area contributed by atoms with Gasteiger partial charge in [0.25, 0.3) is 0 Å². The smallest absolute Gasteiger partial charge is 0.537 e. The van der Waals surface area contributed by atoms with Gasteiger partial charge in [-0.25, -0.2) is 18.3 Å². The van der Waals surface area contributed by atoms with E-state index >= 15 is 0 Å². The van der Waals surface area contributed by atoms with E-state index in [-0.39, 0.29) is 0 Å². The number of rotatable bonds is 22. The third-order valence-corrected chi connectivity index (χ3v) is 9.03. The summed E-state index contributed by atoms with van der Waals surface area (Å²) in [6.07, 6.45) is 28.2. The first-order valence-corrected chi connectivity index (χ1v) is 18.1. The molecule has 0 aliphatic heterocycles. The Morgan fingerprint density at radius 1 is 0.560 bits per heavy atom. The van der Waals surface area contributed by atoms with Crippen LogP contribution in [0.25, 0.3) is 11.1 Å². The zero-order valence-corrected chi connectivity index (χ0v) is 29.4. The van der Waals surface area contributed by atoms with Crippen molar-refractivity contribution >= 4 is 15.4 Å². The summed E-state index contributed by atoms with van der Waals surface area (Å²) in [4.78, 5) is 0. The van der Waals surface area contributed by atoms with Crippen molar-refractivity contribution in [2.45, 2.75) is 97.3 Å². The first kappa shape index (κ1) is 36.9. The molecule has 5 aromatic rings. The van der Waals surface area contributed by atoms with Crippen molar-refractivity contribution in [2.24, 2.45) is 0 Å². The minimum absolute atomic E-state index is 0.602. The van der Waals surface area contributed by atoms with Gasteiger partial charge in [0.2, 0.25) is 6.33 Å². The van der Waals surface area contributed by atoms with E-state index in [1.54, 1.807) is 6.07 Å². The Hall–Kier alpha value is -4.40. The maximum atomic E-state index is 9.36. The lowest BCUT2D eigenvalue weighted by Gasteiger charge is -2.08. The molecule has 10 heteroatoms. The summed E-state index contributed by atoms with van der Waals surface area (Å²) in [5.41, 5.74) is 5.55. The van der Waals surface area contributed by atoms with Crippen LogP contribution in [-0.2, 0) is 26.2 Å². The summed E-state index contributed by atoms with van der Waals surface area (Å²) >= 11 is 0. The van der Waals surface area contributed by atoms with Gasteiger partial charge in [-0.3, -0.25) is 0 Å². The molecular weight excluding hydrogens is 622 g/mol. The summed E-state index contributed by atoms with van der Waals surface area (Å²) in [6, 6.07) is 22.3. The standard InChI is InChI=1S/C40H51B2N4O4/c1-2-3-4-5-6-7-8-9-10-11-19-45-24-25-46(33-45)32-36-26-35(28-40(29-36)50-42-48)31-44-22-17-38(18-23-44)37-15-20-43(21-16-37)30-34-13-12-14-39(27-34)49-41-47/h12-18,20-29,33,47-48H,2-11,19,30-32H2,1H3/q+3. The van der Waals surface area contributed by atoms with E-state index in [1.807, 2.05) is 30.3 Å². The highest BCUT2D eigenvalue weighted by molar-refractivity contribution is 6.17. The maximum absolute atomic E-state index is 9.36. The molecular formula is C40H51B2N4O4+3. The number of hydrogen-bond donors (Lipinski definition) is 2. The Balaban J connectivity index is 1.12. The van der Waals surface area contributed by atoms with Crippen molar-refractivity contribution in [1.82, 2.24) is 4.57 Å². The highest BCUT2D eigenvalue weighted by Crippen LogP contribution is 2.19. The quantitative estimate of drug-likeness (QED) is 0.0546. The monoisotopic (exact) mass is 673 g/mol. The predicted molar refractivity (Wildman–Crippen MR) is 196 cm³/mol. The Bertz CT molecular complexity index is 1710. The van der Waals surface area contributed by atoms with Crippen molar-refractivity contribution in [1.29, 1.82) is 0 Å². The van der Waals surface area contributed by atoms with E-state index in [2.05, 4.69) is 99.0 Å². The summed E-state index contributed by atoms with van der Waals surface area (Å²) in [5, 5.41) is 18.3. The van der Waals surface area contributed by atoms with Crippen molar-refractivity contribution in [3.05, 3.63) is 127 Å². The normalized spacial score (nSPS) is 11.0. The molecule has 2 N–H and O–H groups in total. The SMILES string of the molecule is CCCCCCCCCCCCn1cc[n+](Cc2cc(C[n+]3ccc(-c4cc[n+](Cc5cccc(O[B]O)c5)cc4)cc3)cc(O[B]O)c2)c1. The molecule has 0 atom stereocenters. The number of nitrogens with zero attached hydrogens (tertiary/aromatic N) is 4. The van der Waals surface area contributed by atoms with Gasteiger partial charge >= 0.3 is 15.4 Å². The van der Waals surface area contributed by atoms with Crippen molar-refractivity contribution < 1.29 is 33.1 Å². The third-order valence-electron chi connectivity index (χ3n) is 9.03. The zero-order valence-electron chi connectivity index (χ0n) is 29.4. The van der Waals surface area contributed by atoms with Crippen LogP contribution >= 0.6 is 0 Å². The molecule has 5 rings (SSSR count). The van der Waals surface area contributed by atoms with E-state index < -0.39 is 0 Å². The van der Waals surface area contributed by atoms with E-state index in [0.29, 0.717) is 32.3 Å². The second-order valence-electron chi connectivity index (χ2n) is 13.1. The molecule has 2 radical (unpaired) electrons. The largest absolute Gasteiger partial charge is 0.569 e. The molecule has 0 unspecified atom stereocenters. The van der Waals surface area contributed by atoms with Crippen LogP contribution in [0.3, 0.4) is 0 Å². The number of aromatic nitrogens is 4. The fourth-order valence-electron chi connectivity index (χ4n) is 6.41. The molecule has 50 heavy (non-hydrogen) atoms. The van der Waals surface area contributed by atoms with Gasteiger partial charge in [-0.2, -0.15) is 0 Å². The van der Waals surface area contributed by atoms with Gasteiger partial charge in [-0.15, -0.1) is 0 Å². The summed E-state index contributed by atoms with van der Waals surface area (Å²) in [7, 11) is 1.44. The Labute approximate surface area is 299 Å². The van der Waals surface area contributed by atoms with Crippen LogP contribution in [0.15, 0.2) is 110 Å².